The summed E-state index contributed by atoms with van der Waals surface area (Å²) in [5.41, 5.74) is 2.88. The van der Waals surface area contributed by atoms with Crippen molar-refractivity contribution in [3.63, 3.8) is 0 Å². The Bertz CT molecular complexity index is 893. The molecule has 1 aromatic carbocycles. The highest BCUT2D eigenvalue weighted by Gasteiger charge is 2.43. The topological polar surface area (TPSA) is 61.4 Å². The predicted molar refractivity (Wildman–Crippen MR) is 121 cm³/mol. The van der Waals surface area contributed by atoms with Crippen LogP contribution in [-0.2, 0) is 10.2 Å². The average molecular weight is 428 g/mol. The van der Waals surface area contributed by atoms with Gasteiger partial charge in [-0.3, -0.25) is 4.79 Å². The van der Waals surface area contributed by atoms with Gasteiger partial charge in [0.2, 0.25) is 11.9 Å². The summed E-state index contributed by atoms with van der Waals surface area (Å²) in [5.74, 6) is 0.786. The van der Waals surface area contributed by atoms with E-state index in [1.807, 2.05) is 38.1 Å². The van der Waals surface area contributed by atoms with E-state index in [2.05, 4.69) is 22.2 Å². The Morgan fingerprint density at radius 2 is 1.57 bits per heavy atom. The number of hydrogen-bond donors (Lipinski definition) is 1. The SMILES string of the molecule is Cc1nc(N2CCN(C)CC2)nc(C)c1NC(=O)C1(c2ccc(Cl)cc2)CCCC1. The van der Waals surface area contributed by atoms with Gasteiger partial charge in [0.25, 0.3) is 0 Å². The zero-order chi connectivity index (χ0) is 21.3. The van der Waals surface area contributed by atoms with Crippen LogP contribution < -0.4 is 10.2 Å². The molecule has 0 radical (unpaired) electrons. The van der Waals surface area contributed by atoms with E-state index in [-0.39, 0.29) is 5.91 Å². The molecule has 0 atom stereocenters. The van der Waals surface area contributed by atoms with E-state index in [9.17, 15) is 4.79 Å². The number of likely N-dealkylation sites (N-methyl/N-ethyl adjacent to an activating group) is 1. The molecule has 4 rings (SSSR count). The third-order valence-electron chi connectivity index (χ3n) is 6.57. The molecule has 1 aliphatic carbocycles. The number of halogens is 1. The van der Waals surface area contributed by atoms with Gasteiger partial charge in [0.15, 0.2) is 0 Å². The van der Waals surface area contributed by atoms with Crippen molar-refractivity contribution in [1.29, 1.82) is 0 Å². The summed E-state index contributed by atoms with van der Waals surface area (Å²) in [5, 5.41) is 3.87. The molecule has 160 valence electrons. The molecular formula is C23H30ClN5O. The predicted octanol–water partition coefficient (Wildman–Crippen LogP) is 3.95. The summed E-state index contributed by atoms with van der Waals surface area (Å²) < 4.78 is 0. The maximum absolute atomic E-state index is 13.5. The van der Waals surface area contributed by atoms with Crippen LogP contribution in [0.2, 0.25) is 5.02 Å². The fourth-order valence-electron chi connectivity index (χ4n) is 4.65. The van der Waals surface area contributed by atoms with Crippen LogP contribution in [0.25, 0.3) is 0 Å². The first-order valence-corrected chi connectivity index (χ1v) is 11.1. The average Bonchev–Trinajstić information content (AvgIpc) is 3.23. The van der Waals surface area contributed by atoms with Crippen LogP contribution in [0.1, 0.15) is 42.6 Å². The van der Waals surface area contributed by atoms with E-state index in [1.54, 1.807) is 0 Å². The lowest BCUT2D eigenvalue weighted by Crippen LogP contribution is -2.45. The third kappa shape index (κ3) is 4.03. The van der Waals surface area contributed by atoms with Crippen molar-refractivity contribution < 1.29 is 4.79 Å². The molecule has 2 heterocycles. The molecule has 7 heteroatoms. The number of benzene rings is 1. The van der Waals surface area contributed by atoms with Gasteiger partial charge in [-0.1, -0.05) is 36.6 Å². The number of anilines is 2. The second kappa shape index (κ2) is 8.52. The third-order valence-corrected chi connectivity index (χ3v) is 6.82. The molecule has 0 unspecified atom stereocenters. The minimum absolute atomic E-state index is 0.0319. The molecule has 2 aromatic rings. The number of rotatable bonds is 4. The molecule has 1 saturated heterocycles. The lowest BCUT2D eigenvalue weighted by Gasteiger charge is -2.33. The molecule has 1 amide bonds. The standard InChI is InChI=1S/C23H30ClN5O/c1-16-20(17(2)26-22(25-16)29-14-12-28(3)13-15-29)27-21(30)23(10-4-5-11-23)18-6-8-19(24)9-7-18/h6-9H,4-5,10-15H2,1-3H3,(H,27,30). The number of carbonyl (C=O) groups excluding carboxylic acids is 1. The molecule has 30 heavy (non-hydrogen) atoms. The summed E-state index contributed by atoms with van der Waals surface area (Å²) in [6.07, 6.45) is 3.79. The van der Waals surface area contributed by atoms with Gasteiger partial charge in [0, 0.05) is 31.2 Å². The van der Waals surface area contributed by atoms with Crippen LogP contribution in [-0.4, -0.2) is 54.0 Å². The number of amides is 1. The second-order valence-electron chi connectivity index (χ2n) is 8.61. The van der Waals surface area contributed by atoms with Crippen LogP contribution >= 0.6 is 11.6 Å². The maximum atomic E-state index is 13.5. The largest absolute Gasteiger partial charge is 0.338 e. The fraction of sp³-hybridized carbons (Fsp3) is 0.522. The number of aryl methyl sites for hydroxylation is 2. The molecule has 1 N–H and O–H groups in total. The van der Waals surface area contributed by atoms with Gasteiger partial charge in [-0.25, -0.2) is 9.97 Å². The van der Waals surface area contributed by atoms with Crippen molar-refractivity contribution in [2.75, 3.05) is 43.4 Å². The molecular weight excluding hydrogens is 398 g/mol. The fourth-order valence-corrected chi connectivity index (χ4v) is 4.78. The first kappa shape index (κ1) is 21.1. The van der Waals surface area contributed by atoms with Crippen molar-refractivity contribution in [3.05, 3.63) is 46.2 Å². The van der Waals surface area contributed by atoms with Crippen molar-refractivity contribution in [2.24, 2.45) is 0 Å². The summed E-state index contributed by atoms with van der Waals surface area (Å²) in [7, 11) is 2.13. The lowest BCUT2D eigenvalue weighted by atomic mass is 9.78. The van der Waals surface area contributed by atoms with Crippen molar-refractivity contribution in [3.8, 4) is 0 Å². The highest BCUT2D eigenvalue weighted by Crippen LogP contribution is 2.42. The van der Waals surface area contributed by atoms with Gasteiger partial charge >= 0.3 is 0 Å². The summed E-state index contributed by atoms with van der Waals surface area (Å²) >= 11 is 6.08. The van der Waals surface area contributed by atoms with E-state index in [4.69, 9.17) is 21.6 Å². The minimum atomic E-state index is -0.514. The van der Waals surface area contributed by atoms with Crippen LogP contribution in [0, 0.1) is 13.8 Å². The Kier molecular flexibility index (Phi) is 5.98. The zero-order valence-corrected chi connectivity index (χ0v) is 18.8. The molecule has 0 spiro atoms. The van der Waals surface area contributed by atoms with Crippen molar-refractivity contribution in [1.82, 2.24) is 14.9 Å². The van der Waals surface area contributed by atoms with Gasteiger partial charge in [-0.2, -0.15) is 0 Å². The quantitative estimate of drug-likeness (QED) is 0.800. The highest BCUT2D eigenvalue weighted by molar-refractivity contribution is 6.30. The monoisotopic (exact) mass is 427 g/mol. The Labute approximate surface area is 183 Å². The lowest BCUT2D eigenvalue weighted by molar-refractivity contribution is -0.121. The Morgan fingerprint density at radius 3 is 2.13 bits per heavy atom. The summed E-state index contributed by atoms with van der Waals surface area (Å²) in [4.78, 5) is 27.5. The van der Waals surface area contributed by atoms with Crippen molar-refractivity contribution in [2.45, 2.75) is 44.9 Å². The van der Waals surface area contributed by atoms with Gasteiger partial charge in [0.1, 0.15) is 0 Å². The number of hydrogen-bond acceptors (Lipinski definition) is 5. The summed E-state index contributed by atoms with van der Waals surface area (Å²) in [6.45, 7) is 7.75. The zero-order valence-electron chi connectivity index (χ0n) is 18.0. The number of carbonyl (C=O) groups is 1. The first-order valence-electron chi connectivity index (χ1n) is 10.8. The minimum Gasteiger partial charge on any atom is -0.338 e. The smallest absolute Gasteiger partial charge is 0.235 e. The molecule has 6 nitrogen and oxygen atoms in total. The van der Waals surface area contributed by atoms with Crippen LogP contribution in [0.5, 0.6) is 0 Å². The van der Waals surface area contributed by atoms with Crippen molar-refractivity contribution >= 4 is 29.1 Å². The first-order chi connectivity index (χ1) is 14.4. The molecule has 2 fully saturated rings. The molecule has 1 aliphatic heterocycles. The molecule has 1 saturated carbocycles. The van der Waals surface area contributed by atoms with E-state index in [0.29, 0.717) is 5.02 Å². The molecule has 2 aliphatic rings. The Morgan fingerprint density at radius 1 is 1.00 bits per heavy atom. The van der Waals surface area contributed by atoms with E-state index in [0.717, 1.165) is 80.4 Å². The number of aromatic nitrogens is 2. The van der Waals surface area contributed by atoms with Gasteiger partial charge < -0.3 is 15.1 Å². The van der Waals surface area contributed by atoms with Gasteiger partial charge in [-0.05, 0) is 51.4 Å². The van der Waals surface area contributed by atoms with E-state index >= 15 is 0 Å². The van der Waals surface area contributed by atoms with E-state index < -0.39 is 5.41 Å². The molecule has 1 aromatic heterocycles. The Balaban J connectivity index is 1.58. The van der Waals surface area contributed by atoms with Gasteiger partial charge in [0.05, 0.1) is 22.5 Å². The number of nitrogens with zero attached hydrogens (tertiary/aromatic N) is 4. The van der Waals surface area contributed by atoms with Crippen LogP contribution in [0.15, 0.2) is 24.3 Å². The second-order valence-corrected chi connectivity index (χ2v) is 9.05. The van der Waals surface area contributed by atoms with Crippen LogP contribution in [0.4, 0.5) is 11.6 Å². The molecule has 0 bridgehead atoms. The maximum Gasteiger partial charge on any atom is 0.235 e. The normalized spacial score (nSPS) is 19.1. The summed E-state index contributed by atoms with van der Waals surface area (Å²) in [6, 6.07) is 7.71. The van der Waals surface area contributed by atoms with Crippen LogP contribution in [0.3, 0.4) is 0 Å². The van der Waals surface area contributed by atoms with Gasteiger partial charge in [-0.15, -0.1) is 0 Å². The van der Waals surface area contributed by atoms with E-state index in [1.165, 1.54) is 0 Å². The number of nitrogens with one attached hydrogen (secondary N) is 1. The number of piperazine rings is 1. The highest BCUT2D eigenvalue weighted by atomic mass is 35.5. The Hall–Kier alpha value is -2.18.